The first-order valence-electron chi connectivity index (χ1n) is 17.4. The predicted molar refractivity (Wildman–Crippen MR) is 214 cm³/mol. The van der Waals surface area contributed by atoms with Crippen LogP contribution in [0.5, 0.6) is 0 Å². The van der Waals surface area contributed by atoms with Gasteiger partial charge in [0.05, 0.1) is 22.1 Å². The molecule has 0 radical (unpaired) electrons. The number of aromatic nitrogens is 1. The van der Waals surface area contributed by atoms with Crippen molar-refractivity contribution < 1.29 is 4.42 Å². The van der Waals surface area contributed by atoms with Gasteiger partial charge in [-0.05, 0) is 89.0 Å². The Morgan fingerprint density at radius 2 is 0.824 bits per heavy atom. The molecule has 2 heterocycles. The van der Waals surface area contributed by atoms with Crippen LogP contribution in [0.3, 0.4) is 0 Å². The molecular formula is C48H32N2O. The molecule has 0 unspecified atom stereocenters. The third kappa shape index (κ3) is 4.90. The zero-order chi connectivity index (χ0) is 33.7. The number of hydrogen-bond donors (Lipinski definition) is 0. The van der Waals surface area contributed by atoms with E-state index in [0.717, 1.165) is 44.7 Å². The van der Waals surface area contributed by atoms with Crippen LogP contribution in [0.25, 0.3) is 71.7 Å². The Balaban J connectivity index is 1.05. The number of para-hydroxylation sites is 3. The number of nitrogens with zero attached hydrogens (tertiary/aromatic N) is 2. The van der Waals surface area contributed by atoms with E-state index in [4.69, 9.17) is 4.42 Å². The standard InChI is InChI=1S/C48H32N2O/c1-2-11-33(12-3-1)34-21-27-37(28-22-34)49(45-18-10-20-47-48(45)42-15-6-9-19-46(42)51-47)38-29-23-35(24-30-38)36-25-31-39(32-26-36)50-43-16-7-4-13-40(43)41-14-5-8-17-44(41)50/h1-32H. The Hall–Kier alpha value is -6.84. The van der Waals surface area contributed by atoms with E-state index in [1.807, 2.05) is 12.1 Å². The van der Waals surface area contributed by atoms with Crippen LogP contribution >= 0.6 is 0 Å². The molecule has 3 heteroatoms. The first kappa shape index (κ1) is 29.1. The van der Waals surface area contributed by atoms with Crippen LogP contribution in [0.1, 0.15) is 0 Å². The molecule has 0 aliphatic rings. The van der Waals surface area contributed by atoms with Crippen LogP contribution < -0.4 is 4.90 Å². The summed E-state index contributed by atoms with van der Waals surface area (Å²) in [6, 6.07) is 69.1. The Morgan fingerprint density at radius 3 is 1.43 bits per heavy atom. The third-order valence-electron chi connectivity index (χ3n) is 10.0. The molecule has 240 valence electrons. The summed E-state index contributed by atoms with van der Waals surface area (Å²) in [5.41, 5.74) is 13.3. The summed E-state index contributed by atoms with van der Waals surface area (Å²) in [6.07, 6.45) is 0. The first-order chi connectivity index (χ1) is 25.3. The minimum atomic E-state index is 0.875. The fraction of sp³-hybridized carbons (Fsp3) is 0. The molecule has 0 aliphatic carbocycles. The average Bonchev–Trinajstić information content (AvgIpc) is 3.76. The van der Waals surface area contributed by atoms with Gasteiger partial charge in [-0.15, -0.1) is 0 Å². The number of furan rings is 1. The van der Waals surface area contributed by atoms with Crippen molar-refractivity contribution >= 4 is 60.8 Å². The highest BCUT2D eigenvalue weighted by Gasteiger charge is 2.20. The second kappa shape index (κ2) is 11.9. The molecule has 3 nitrogen and oxygen atoms in total. The number of benzene rings is 8. The quantitative estimate of drug-likeness (QED) is 0.178. The van der Waals surface area contributed by atoms with E-state index in [2.05, 4.69) is 191 Å². The lowest BCUT2D eigenvalue weighted by Crippen LogP contribution is -2.10. The Bertz CT molecular complexity index is 2770. The van der Waals surface area contributed by atoms with E-state index in [0.29, 0.717) is 0 Å². The average molecular weight is 653 g/mol. The van der Waals surface area contributed by atoms with E-state index in [1.54, 1.807) is 0 Å². The van der Waals surface area contributed by atoms with Crippen LogP contribution in [-0.2, 0) is 0 Å². The molecule has 0 N–H and O–H groups in total. The fourth-order valence-electron chi connectivity index (χ4n) is 7.61. The topological polar surface area (TPSA) is 21.3 Å². The van der Waals surface area contributed by atoms with Crippen molar-refractivity contribution in [3.8, 4) is 27.9 Å². The number of fused-ring (bicyclic) bond motifs is 6. The molecule has 0 atom stereocenters. The highest BCUT2D eigenvalue weighted by Crippen LogP contribution is 2.43. The summed E-state index contributed by atoms with van der Waals surface area (Å²) in [7, 11) is 0. The van der Waals surface area contributed by atoms with Crippen LogP contribution in [0.2, 0.25) is 0 Å². The van der Waals surface area contributed by atoms with Crippen molar-refractivity contribution in [2.75, 3.05) is 4.90 Å². The van der Waals surface area contributed by atoms with Gasteiger partial charge >= 0.3 is 0 Å². The zero-order valence-electron chi connectivity index (χ0n) is 27.8. The normalized spacial score (nSPS) is 11.5. The van der Waals surface area contributed by atoms with Crippen LogP contribution in [0, 0.1) is 0 Å². The molecule has 0 amide bonds. The van der Waals surface area contributed by atoms with Crippen molar-refractivity contribution in [3.05, 3.63) is 194 Å². The summed E-state index contributed by atoms with van der Waals surface area (Å²) in [5.74, 6) is 0. The van der Waals surface area contributed by atoms with Crippen LogP contribution in [0.15, 0.2) is 199 Å². The van der Waals surface area contributed by atoms with Crippen molar-refractivity contribution in [2.24, 2.45) is 0 Å². The first-order valence-corrected chi connectivity index (χ1v) is 17.4. The van der Waals surface area contributed by atoms with Gasteiger partial charge in [-0.3, -0.25) is 0 Å². The number of rotatable bonds is 6. The predicted octanol–water partition coefficient (Wildman–Crippen LogP) is 13.5. The number of hydrogen-bond acceptors (Lipinski definition) is 2. The molecule has 0 saturated heterocycles. The van der Waals surface area contributed by atoms with E-state index in [9.17, 15) is 0 Å². The second-order valence-electron chi connectivity index (χ2n) is 13.0. The molecule has 0 aliphatic heterocycles. The highest BCUT2D eigenvalue weighted by atomic mass is 16.3. The molecule has 0 saturated carbocycles. The van der Waals surface area contributed by atoms with Gasteiger partial charge in [0.15, 0.2) is 0 Å². The van der Waals surface area contributed by atoms with E-state index in [-0.39, 0.29) is 0 Å². The van der Waals surface area contributed by atoms with E-state index >= 15 is 0 Å². The maximum atomic E-state index is 6.32. The molecule has 10 rings (SSSR count). The minimum absolute atomic E-state index is 0.875. The van der Waals surface area contributed by atoms with Gasteiger partial charge < -0.3 is 13.9 Å². The van der Waals surface area contributed by atoms with Gasteiger partial charge in [-0.25, -0.2) is 0 Å². The van der Waals surface area contributed by atoms with Crippen LogP contribution in [-0.4, -0.2) is 4.57 Å². The van der Waals surface area contributed by atoms with Crippen LogP contribution in [0.4, 0.5) is 17.1 Å². The lowest BCUT2D eigenvalue weighted by Gasteiger charge is -2.26. The molecule has 0 bridgehead atoms. The Kier molecular flexibility index (Phi) is 6.81. The smallest absolute Gasteiger partial charge is 0.137 e. The van der Waals surface area contributed by atoms with Gasteiger partial charge in [0.1, 0.15) is 11.2 Å². The third-order valence-corrected chi connectivity index (χ3v) is 10.0. The lowest BCUT2D eigenvalue weighted by molar-refractivity contribution is 0.669. The van der Waals surface area contributed by atoms with E-state index < -0.39 is 0 Å². The zero-order valence-corrected chi connectivity index (χ0v) is 27.8. The monoisotopic (exact) mass is 652 g/mol. The van der Waals surface area contributed by atoms with Crippen molar-refractivity contribution in [1.29, 1.82) is 0 Å². The summed E-state index contributed by atoms with van der Waals surface area (Å²) in [4.78, 5) is 2.34. The SMILES string of the molecule is c1ccc(-c2ccc(N(c3ccc(-c4ccc(-n5c6ccccc6c6ccccc65)cc4)cc3)c3cccc4oc5ccccc5c34)cc2)cc1. The van der Waals surface area contributed by atoms with Crippen molar-refractivity contribution in [2.45, 2.75) is 0 Å². The molecule has 51 heavy (non-hydrogen) atoms. The van der Waals surface area contributed by atoms with Gasteiger partial charge in [0.2, 0.25) is 0 Å². The van der Waals surface area contributed by atoms with Gasteiger partial charge in [-0.2, -0.15) is 0 Å². The fourth-order valence-corrected chi connectivity index (χ4v) is 7.61. The minimum Gasteiger partial charge on any atom is -0.456 e. The molecule has 2 aromatic heterocycles. The molecule has 0 spiro atoms. The summed E-state index contributed by atoms with van der Waals surface area (Å²) < 4.78 is 8.68. The Labute approximate surface area is 295 Å². The maximum Gasteiger partial charge on any atom is 0.137 e. The molecule has 8 aromatic carbocycles. The highest BCUT2D eigenvalue weighted by molar-refractivity contribution is 6.13. The number of anilines is 3. The van der Waals surface area contributed by atoms with Crippen molar-refractivity contribution in [1.82, 2.24) is 4.57 Å². The van der Waals surface area contributed by atoms with Gasteiger partial charge in [0.25, 0.3) is 0 Å². The Morgan fingerprint density at radius 1 is 0.353 bits per heavy atom. The summed E-state index contributed by atoms with van der Waals surface area (Å²) >= 11 is 0. The molecule has 10 aromatic rings. The van der Waals surface area contributed by atoms with Gasteiger partial charge in [0, 0.05) is 33.2 Å². The van der Waals surface area contributed by atoms with Crippen molar-refractivity contribution in [3.63, 3.8) is 0 Å². The summed E-state index contributed by atoms with van der Waals surface area (Å²) in [6.45, 7) is 0. The lowest BCUT2D eigenvalue weighted by atomic mass is 10.0. The molecular weight excluding hydrogens is 621 g/mol. The maximum absolute atomic E-state index is 6.32. The molecule has 0 fully saturated rings. The van der Waals surface area contributed by atoms with Gasteiger partial charge in [-0.1, -0.05) is 127 Å². The second-order valence-corrected chi connectivity index (χ2v) is 13.0. The summed E-state index contributed by atoms with van der Waals surface area (Å²) in [5, 5.41) is 4.75. The largest absolute Gasteiger partial charge is 0.456 e. The van der Waals surface area contributed by atoms with E-state index in [1.165, 1.54) is 44.1 Å².